The molecule has 81 valence electrons. The first-order valence-electron chi connectivity index (χ1n) is 5.69. The number of aromatic hydroxyl groups is 1. The van der Waals surface area contributed by atoms with Gasteiger partial charge >= 0.3 is 0 Å². The quantitative estimate of drug-likeness (QED) is 0.742. The lowest BCUT2D eigenvalue weighted by atomic mass is 9.82. The molecule has 0 heterocycles. The normalized spacial score (nSPS) is 17.9. The van der Waals surface area contributed by atoms with E-state index in [0.717, 1.165) is 24.0 Å². The molecule has 0 atom stereocenters. The predicted molar refractivity (Wildman–Crippen MR) is 58.8 cm³/mol. The van der Waals surface area contributed by atoms with E-state index >= 15 is 0 Å². The van der Waals surface area contributed by atoms with E-state index in [2.05, 4.69) is 0 Å². The van der Waals surface area contributed by atoms with Crippen LogP contribution in [0.25, 0.3) is 0 Å². The van der Waals surface area contributed by atoms with Crippen molar-refractivity contribution in [2.24, 2.45) is 0 Å². The van der Waals surface area contributed by atoms with Crippen LogP contribution < -0.4 is 0 Å². The maximum atomic E-state index is 11.8. The van der Waals surface area contributed by atoms with Crippen LogP contribution in [0.4, 0.5) is 0 Å². The summed E-state index contributed by atoms with van der Waals surface area (Å²) in [5.41, 5.74) is 1.89. The van der Waals surface area contributed by atoms with Gasteiger partial charge in [0, 0.05) is 11.6 Å². The van der Waals surface area contributed by atoms with E-state index in [0.29, 0.717) is 5.92 Å². The lowest BCUT2D eigenvalue weighted by molar-refractivity contribution is 0.334. The summed E-state index contributed by atoms with van der Waals surface area (Å²) >= 11 is 0. The fourth-order valence-corrected chi connectivity index (χ4v) is 2.66. The average Bonchev–Trinajstić information content (AvgIpc) is 2.17. The number of hydrogen-bond acceptors (Lipinski definition) is 1. The maximum absolute atomic E-state index is 11.8. The van der Waals surface area contributed by atoms with Crippen LogP contribution in [-0.4, -0.2) is 5.11 Å². The number of phenols is 1. The Bertz CT molecular complexity index is 329. The van der Waals surface area contributed by atoms with Crippen molar-refractivity contribution in [3.05, 3.63) is 23.3 Å². The minimum Gasteiger partial charge on any atom is -0.508 e. The van der Waals surface area contributed by atoms with Gasteiger partial charge in [-0.3, -0.25) is 5.11 Å². The molecule has 0 aromatic heterocycles. The number of benzene rings is 1. The Morgan fingerprint density at radius 1 is 1.20 bits per heavy atom. The first-order chi connectivity index (χ1) is 7.18. The Kier molecular flexibility index (Phi) is 2.85. The van der Waals surface area contributed by atoms with Crippen LogP contribution in [0.15, 0.2) is 12.1 Å². The first kappa shape index (κ1) is 10.3. The molecule has 0 aliphatic heterocycles. The Hall–Kier alpha value is -1.18. The average molecular weight is 205 g/mol. The van der Waals surface area contributed by atoms with Gasteiger partial charge in [0.25, 0.3) is 0 Å². The highest BCUT2D eigenvalue weighted by Crippen LogP contribution is 2.40. The van der Waals surface area contributed by atoms with Gasteiger partial charge in [0.15, 0.2) is 5.75 Å². The van der Waals surface area contributed by atoms with E-state index in [4.69, 9.17) is 0 Å². The highest BCUT2D eigenvalue weighted by molar-refractivity contribution is 5.46. The first-order valence-corrected chi connectivity index (χ1v) is 5.69. The largest absolute Gasteiger partial charge is 0.508 e. The van der Waals surface area contributed by atoms with Gasteiger partial charge in [-0.25, -0.2) is 0 Å². The summed E-state index contributed by atoms with van der Waals surface area (Å²) in [5.74, 6) is 0.531. The van der Waals surface area contributed by atoms with Crippen LogP contribution in [0.2, 0.25) is 0 Å². The van der Waals surface area contributed by atoms with Gasteiger partial charge < -0.3 is 5.11 Å². The zero-order valence-electron chi connectivity index (χ0n) is 9.12. The minimum atomic E-state index is 0.0133. The van der Waals surface area contributed by atoms with Crippen molar-refractivity contribution in [3.63, 3.8) is 0 Å². The Morgan fingerprint density at radius 3 is 2.47 bits per heavy atom. The number of rotatable bonds is 1. The van der Waals surface area contributed by atoms with Crippen molar-refractivity contribution in [1.82, 2.24) is 0 Å². The topological polar surface area (TPSA) is 40.1 Å². The highest BCUT2D eigenvalue weighted by atomic mass is 16.3. The van der Waals surface area contributed by atoms with Crippen LogP contribution >= 0.6 is 0 Å². The van der Waals surface area contributed by atoms with Crippen molar-refractivity contribution in [3.8, 4) is 11.5 Å². The van der Waals surface area contributed by atoms with Gasteiger partial charge in [0.05, 0.1) is 0 Å². The zero-order valence-corrected chi connectivity index (χ0v) is 9.12. The fraction of sp³-hybridized carbons (Fsp3) is 0.538. The molecule has 1 aliphatic carbocycles. The lowest BCUT2D eigenvalue weighted by Gasteiger charge is -2.23. The lowest BCUT2D eigenvalue weighted by Crippen LogP contribution is -2.06. The van der Waals surface area contributed by atoms with E-state index in [1.165, 1.54) is 25.3 Å². The van der Waals surface area contributed by atoms with Crippen LogP contribution in [0.3, 0.4) is 0 Å². The number of hydrogen-bond donors (Lipinski definition) is 1. The van der Waals surface area contributed by atoms with E-state index in [9.17, 15) is 10.2 Å². The summed E-state index contributed by atoms with van der Waals surface area (Å²) in [7, 11) is 0. The van der Waals surface area contributed by atoms with E-state index in [1.807, 2.05) is 6.92 Å². The van der Waals surface area contributed by atoms with Crippen molar-refractivity contribution in [1.29, 1.82) is 0 Å². The molecule has 1 radical (unpaired) electrons. The zero-order chi connectivity index (χ0) is 10.8. The smallest absolute Gasteiger partial charge is 0.186 e. The molecular formula is C13H17O2. The second-order valence-electron chi connectivity index (χ2n) is 4.51. The summed E-state index contributed by atoms with van der Waals surface area (Å²) in [6.45, 7) is 1.92. The fourth-order valence-electron chi connectivity index (χ4n) is 2.66. The van der Waals surface area contributed by atoms with Crippen molar-refractivity contribution >= 4 is 0 Å². The molecule has 0 amide bonds. The molecular weight excluding hydrogens is 188 g/mol. The van der Waals surface area contributed by atoms with Gasteiger partial charge in [-0.2, -0.15) is 0 Å². The third-order valence-electron chi connectivity index (χ3n) is 3.35. The molecule has 1 aromatic carbocycles. The molecule has 0 spiro atoms. The molecule has 1 aromatic rings. The van der Waals surface area contributed by atoms with Crippen molar-refractivity contribution < 1.29 is 10.2 Å². The summed E-state index contributed by atoms with van der Waals surface area (Å²) < 4.78 is 0. The van der Waals surface area contributed by atoms with Gasteiger partial charge in [0.2, 0.25) is 0 Å². The molecule has 1 fully saturated rings. The maximum Gasteiger partial charge on any atom is 0.186 e. The Morgan fingerprint density at radius 2 is 1.87 bits per heavy atom. The molecule has 15 heavy (non-hydrogen) atoms. The van der Waals surface area contributed by atoms with Crippen LogP contribution in [-0.2, 0) is 5.11 Å². The van der Waals surface area contributed by atoms with Gasteiger partial charge in [0.1, 0.15) is 5.75 Å². The summed E-state index contributed by atoms with van der Waals surface area (Å²) in [4.78, 5) is 0. The third-order valence-corrected chi connectivity index (χ3v) is 3.35. The highest BCUT2D eigenvalue weighted by Gasteiger charge is 2.21. The number of phenolic OH excluding ortho intramolecular Hbond substituents is 1. The third kappa shape index (κ3) is 2.09. The predicted octanol–water partition coefficient (Wildman–Crippen LogP) is 3.89. The van der Waals surface area contributed by atoms with E-state index in [1.54, 1.807) is 6.07 Å². The Labute approximate surface area is 90.6 Å². The SMILES string of the molecule is Cc1cc(O)cc([O])c1C1CCCCC1. The second-order valence-corrected chi connectivity index (χ2v) is 4.51. The van der Waals surface area contributed by atoms with Gasteiger partial charge in [-0.05, 0) is 37.3 Å². The standard InChI is InChI=1S/C13H17O2/c1-9-7-11(14)8-12(15)13(9)10-5-3-2-4-6-10/h7-8,10,14H,2-6H2,1H3. The van der Waals surface area contributed by atoms with Crippen LogP contribution in [0, 0.1) is 6.92 Å². The second kappa shape index (κ2) is 4.13. The van der Waals surface area contributed by atoms with Crippen molar-refractivity contribution in [2.45, 2.75) is 44.9 Å². The molecule has 2 heteroatoms. The monoisotopic (exact) mass is 205 g/mol. The molecule has 0 unspecified atom stereocenters. The molecule has 2 nitrogen and oxygen atoms in total. The van der Waals surface area contributed by atoms with E-state index in [-0.39, 0.29) is 11.5 Å². The van der Waals surface area contributed by atoms with E-state index < -0.39 is 0 Å². The summed E-state index contributed by atoms with van der Waals surface area (Å²) in [6, 6.07) is 3.04. The minimum absolute atomic E-state index is 0.0133. The molecule has 0 saturated heterocycles. The molecule has 2 rings (SSSR count). The molecule has 1 aliphatic rings. The molecule has 1 saturated carbocycles. The van der Waals surface area contributed by atoms with Crippen LogP contribution in [0.5, 0.6) is 11.5 Å². The molecule has 1 N–H and O–H groups in total. The van der Waals surface area contributed by atoms with Crippen molar-refractivity contribution in [2.75, 3.05) is 0 Å². The molecule has 0 bridgehead atoms. The summed E-state index contributed by atoms with van der Waals surface area (Å²) in [5, 5.41) is 21.1. The van der Waals surface area contributed by atoms with Crippen LogP contribution in [0.1, 0.15) is 49.1 Å². The van der Waals surface area contributed by atoms with Gasteiger partial charge in [-0.15, -0.1) is 0 Å². The number of aryl methyl sites for hydroxylation is 1. The van der Waals surface area contributed by atoms with Gasteiger partial charge in [-0.1, -0.05) is 19.3 Å². The summed E-state index contributed by atoms with van der Waals surface area (Å²) in [6.07, 6.45) is 6.00. The Balaban J connectivity index is 2.33.